The summed E-state index contributed by atoms with van der Waals surface area (Å²) in [4.78, 5) is 29.2. The maximum absolute atomic E-state index is 5.19. The SMILES string of the molecule is Cc1cc(-c2ccc(-c3ccc(-c4nc(-c5ccccc5)nc(-c5ccccn5)n4)cc3)cc2)nc2c1ccc1ccc(-c3ccccc3)nc12. The summed E-state index contributed by atoms with van der Waals surface area (Å²) in [5.74, 6) is 1.75. The summed E-state index contributed by atoms with van der Waals surface area (Å²) < 4.78 is 0. The molecule has 0 bridgehead atoms. The number of hydrogen-bond donors (Lipinski definition) is 0. The lowest BCUT2D eigenvalue weighted by atomic mass is 9.99. The Hall–Kier alpha value is -6.92. The van der Waals surface area contributed by atoms with Gasteiger partial charge in [-0.2, -0.15) is 0 Å². The first kappa shape index (κ1) is 30.2. The van der Waals surface area contributed by atoms with Crippen LogP contribution in [0.25, 0.3) is 89.7 Å². The molecule has 0 amide bonds. The Balaban J connectivity index is 1.04. The third-order valence-electron chi connectivity index (χ3n) is 9.13. The van der Waals surface area contributed by atoms with Crippen molar-refractivity contribution in [3.8, 4) is 67.9 Å². The van der Waals surface area contributed by atoms with Gasteiger partial charge >= 0.3 is 0 Å². The van der Waals surface area contributed by atoms with Gasteiger partial charge in [0.25, 0.3) is 0 Å². The largest absolute Gasteiger partial charge is 0.253 e. The van der Waals surface area contributed by atoms with Gasteiger partial charge in [0.15, 0.2) is 17.5 Å². The zero-order valence-corrected chi connectivity index (χ0v) is 27.8. The third-order valence-corrected chi connectivity index (χ3v) is 9.13. The molecule has 0 radical (unpaired) electrons. The van der Waals surface area contributed by atoms with Crippen LogP contribution in [0.5, 0.6) is 0 Å². The molecule has 51 heavy (non-hydrogen) atoms. The average Bonchev–Trinajstić information content (AvgIpc) is 3.21. The predicted molar refractivity (Wildman–Crippen MR) is 206 cm³/mol. The van der Waals surface area contributed by atoms with E-state index < -0.39 is 0 Å². The van der Waals surface area contributed by atoms with E-state index in [2.05, 4.69) is 103 Å². The van der Waals surface area contributed by atoms with Crippen molar-refractivity contribution < 1.29 is 0 Å². The number of nitrogens with zero attached hydrogens (tertiary/aromatic N) is 6. The van der Waals surface area contributed by atoms with Crippen molar-refractivity contribution >= 4 is 21.8 Å². The van der Waals surface area contributed by atoms with E-state index in [0.29, 0.717) is 23.2 Å². The molecule has 0 fully saturated rings. The van der Waals surface area contributed by atoms with Crippen molar-refractivity contribution in [3.05, 3.63) is 169 Å². The van der Waals surface area contributed by atoms with E-state index in [0.717, 1.165) is 66.6 Å². The molecule has 5 aromatic carbocycles. The van der Waals surface area contributed by atoms with Crippen LogP contribution in [0.3, 0.4) is 0 Å². The zero-order valence-electron chi connectivity index (χ0n) is 27.8. The highest BCUT2D eigenvalue weighted by Crippen LogP contribution is 2.32. The van der Waals surface area contributed by atoms with Crippen LogP contribution in [0.15, 0.2) is 164 Å². The fourth-order valence-electron chi connectivity index (χ4n) is 6.43. The van der Waals surface area contributed by atoms with E-state index in [1.165, 1.54) is 5.56 Å². The molecular weight excluding hydrogens is 625 g/mol. The highest BCUT2D eigenvalue weighted by molar-refractivity contribution is 6.05. The quantitative estimate of drug-likeness (QED) is 0.166. The van der Waals surface area contributed by atoms with Crippen LogP contribution in [-0.2, 0) is 0 Å². The molecule has 0 unspecified atom stereocenters. The molecule has 9 aromatic rings. The van der Waals surface area contributed by atoms with Gasteiger partial charge in [-0.25, -0.2) is 24.9 Å². The molecule has 9 rings (SSSR count). The van der Waals surface area contributed by atoms with E-state index >= 15 is 0 Å². The molecule has 0 saturated heterocycles. The highest BCUT2D eigenvalue weighted by Gasteiger charge is 2.14. The minimum atomic E-state index is 0.539. The second kappa shape index (κ2) is 12.8. The number of aryl methyl sites for hydroxylation is 1. The highest BCUT2D eigenvalue weighted by atomic mass is 15.0. The standard InChI is InChI=1S/C45H30N6/c1-29-28-40(48-42-37(29)25-23-34-24-26-38(47-41(34)42)32-10-4-2-5-11-32)33-19-15-30(16-20-33)31-17-21-36(22-18-31)44-49-43(35-12-6-3-7-13-35)50-45(51-44)39-14-8-9-27-46-39/h2-28H,1H3. The Morgan fingerprint density at radius 1 is 0.353 bits per heavy atom. The van der Waals surface area contributed by atoms with Gasteiger partial charge in [0.05, 0.1) is 22.4 Å². The molecule has 0 N–H and O–H groups in total. The number of hydrogen-bond acceptors (Lipinski definition) is 6. The monoisotopic (exact) mass is 654 g/mol. The molecule has 6 heteroatoms. The van der Waals surface area contributed by atoms with Gasteiger partial charge in [-0.05, 0) is 47.9 Å². The van der Waals surface area contributed by atoms with Crippen LogP contribution in [0.2, 0.25) is 0 Å². The third kappa shape index (κ3) is 5.89. The average molecular weight is 655 g/mol. The smallest absolute Gasteiger partial charge is 0.182 e. The lowest BCUT2D eigenvalue weighted by molar-refractivity contribution is 1.06. The Kier molecular flexibility index (Phi) is 7.59. The summed E-state index contributed by atoms with van der Waals surface area (Å²) in [6, 6.07) is 53.6. The molecule has 0 saturated carbocycles. The van der Waals surface area contributed by atoms with E-state index in [4.69, 9.17) is 24.9 Å². The van der Waals surface area contributed by atoms with Crippen LogP contribution in [0.1, 0.15) is 5.56 Å². The fourth-order valence-corrected chi connectivity index (χ4v) is 6.43. The first-order valence-corrected chi connectivity index (χ1v) is 16.9. The number of fused-ring (bicyclic) bond motifs is 3. The maximum Gasteiger partial charge on any atom is 0.182 e. The van der Waals surface area contributed by atoms with Crippen LogP contribution in [0, 0.1) is 6.92 Å². The van der Waals surface area contributed by atoms with Crippen LogP contribution in [0.4, 0.5) is 0 Å². The van der Waals surface area contributed by atoms with Crippen LogP contribution >= 0.6 is 0 Å². The Bertz CT molecular complexity index is 2600. The van der Waals surface area contributed by atoms with Gasteiger partial charge < -0.3 is 0 Å². The van der Waals surface area contributed by atoms with E-state index in [1.54, 1.807) is 6.20 Å². The second-order valence-corrected chi connectivity index (χ2v) is 12.5. The molecular formula is C45H30N6. The molecule has 0 aliphatic carbocycles. The minimum Gasteiger partial charge on any atom is -0.253 e. The van der Waals surface area contributed by atoms with Crippen molar-refractivity contribution in [1.82, 2.24) is 29.9 Å². The molecule has 240 valence electrons. The molecule has 0 atom stereocenters. The van der Waals surface area contributed by atoms with E-state index in [-0.39, 0.29) is 0 Å². The van der Waals surface area contributed by atoms with E-state index in [9.17, 15) is 0 Å². The van der Waals surface area contributed by atoms with Gasteiger partial charge in [0.1, 0.15) is 5.69 Å². The summed E-state index contributed by atoms with van der Waals surface area (Å²) in [5, 5.41) is 2.19. The molecule has 4 heterocycles. The summed E-state index contributed by atoms with van der Waals surface area (Å²) >= 11 is 0. The maximum atomic E-state index is 5.19. The summed E-state index contributed by atoms with van der Waals surface area (Å²) in [6.45, 7) is 2.14. The summed E-state index contributed by atoms with van der Waals surface area (Å²) in [7, 11) is 0. The van der Waals surface area contributed by atoms with Gasteiger partial charge in [-0.1, -0.05) is 133 Å². The van der Waals surface area contributed by atoms with E-state index in [1.807, 2.05) is 66.7 Å². The van der Waals surface area contributed by atoms with Crippen LogP contribution in [-0.4, -0.2) is 29.9 Å². The zero-order chi connectivity index (χ0) is 34.1. The first-order valence-electron chi connectivity index (χ1n) is 16.9. The Labute approximate surface area is 295 Å². The number of rotatable bonds is 6. The number of aromatic nitrogens is 6. The topological polar surface area (TPSA) is 77.3 Å². The van der Waals surface area contributed by atoms with Crippen LogP contribution < -0.4 is 0 Å². The van der Waals surface area contributed by atoms with Crippen molar-refractivity contribution in [1.29, 1.82) is 0 Å². The minimum absolute atomic E-state index is 0.539. The number of pyridine rings is 3. The lowest BCUT2D eigenvalue weighted by Gasteiger charge is -2.11. The van der Waals surface area contributed by atoms with Crippen molar-refractivity contribution in [3.63, 3.8) is 0 Å². The van der Waals surface area contributed by atoms with Gasteiger partial charge in [-0.3, -0.25) is 4.98 Å². The molecule has 4 aromatic heterocycles. The van der Waals surface area contributed by atoms with Gasteiger partial charge in [-0.15, -0.1) is 0 Å². The second-order valence-electron chi connectivity index (χ2n) is 12.5. The van der Waals surface area contributed by atoms with Crippen molar-refractivity contribution in [2.75, 3.05) is 0 Å². The predicted octanol–water partition coefficient (Wildman–Crippen LogP) is 10.7. The van der Waals surface area contributed by atoms with Crippen molar-refractivity contribution in [2.45, 2.75) is 6.92 Å². The number of benzene rings is 5. The molecule has 0 aliphatic heterocycles. The van der Waals surface area contributed by atoms with Gasteiger partial charge in [0, 0.05) is 39.2 Å². The first-order chi connectivity index (χ1) is 25.2. The molecule has 0 spiro atoms. The Morgan fingerprint density at radius 3 is 1.55 bits per heavy atom. The summed E-state index contributed by atoms with van der Waals surface area (Å²) in [6.07, 6.45) is 1.75. The summed E-state index contributed by atoms with van der Waals surface area (Å²) in [5.41, 5.74) is 11.7. The molecule has 0 aliphatic rings. The van der Waals surface area contributed by atoms with Crippen molar-refractivity contribution in [2.24, 2.45) is 0 Å². The fraction of sp³-hybridized carbons (Fsp3) is 0.0222. The van der Waals surface area contributed by atoms with Gasteiger partial charge in [0.2, 0.25) is 0 Å². The Morgan fingerprint density at radius 2 is 0.882 bits per heavy atom. The molecule has 6 nitrogen and oxygen atoms in total. The normalized spacial score (nSPS) is 11.2. The lowest BCUT2D eigenvalue weighted by Crippen LogP contribution is -2.00.